The molecule has 0 bridgehead atoms. The summed E-state index contributed by atoms with van der Waals surface area (Å²) in [7, 11) is 0. The number of rotatable bonds is 3. The average molecular weight is 119 g/mol. The standard InChI is InChI=1S/C4H9NO3/c6-3-1-2-4(7)5-8/h6,8H,1-3H2,(H,5,7). The Balaban J connectivity index is 2.99. The highest BCUT2D eigenvalue weighted by Gasteiger charge is 1.94. The quantitative estimate of drug-likeness (QED) is 0.338. The van der Waals surface area contributed by atoms with Crippen molar-refractivity contribution in [1.29, 1.82) is 0 Å². The van der Waals surface area contributed by atoms with Crippen molar-refractivity contribution in [3.05, 3.63) is 0 Å². The van der Waals surface area contributed by atoms with Crippen LogP contribution in [0.15, 0.2) is 0 Å². The number of carbonyl (C=O) groups excluding carboxylic acids is 1. The van der Waals surface area contributed by atoms with E-state index in [0.717, 1.165) is 0 Å². The van der Waals surface area contributed by atoms with E-state index >= 15 is 0 Å². The van der Waals surface area contributed by atoms with Crippen LogP contribution in [0.1, 0.15) is 12.8 Å². The van der Waals surface area contributed by atoms with Crippen LogP contribution in [-0.2, 0) is 4.79 Å². The van der Waals surface area contributed by atoms with Crippen molar-refractivity contribution >= 4 is 5.91 Å². The van der Waals surface area contributed by atoms with Gasteiger partial charge in [-0.25, -0.2) is 5.48 Å². The van der Waals surface area contributed by atoms with E-state index in [1.165, 1.54) is 5.48 Å². The molecule has 0 atom stereocenters. The zero-order chi connectivity index (χ0) is 6.41. The molecule has 0 aromatic carbocycles. The third-order valence-corrected chi connectivity index (χ3v) is 0.687. The van der Waals surface area contributed by atoms with Crippen molar-refractivity contribution in [2.75, 3.05) is 6.61 Å². The van der Waals surface area contributed by atoms with Crippen molar-refractivity contribution < 1.29 is 15.1 Å². The largest absolute Gasteiger partial charge is 0.396 e. The number of nitrogens with one attached hydrogen (secondary N) is 1. The van der Waals surface area contributed by atoms with Crippen LogP contribution in [0, 0.1) is 0 Å². The molecule has 0 unspecified atom stereocenters. The Bertz CT molecular complexity index is 73.7. The fourth-order valence-corrected chi connectivity index (χ4v) is 0.296. The van der Waals surface area contributed by atoms with Gasteiger partial charge in [-0.3, -0.25) is 10.0 Å². The molecule has 1 amide bonds. The lowest BCUT2D eigenvalue weighted by molar-refractivity contribution is -0.129. The van der Waals surface area contributed by atoms with Gasteiger partial charge < -0.3 is 5.11 Å². The highest BCUT2D eigenvalue weighted by molar-refractivity contribution is 5.74. The number of aliphatic hydroxyl groups is 1. The van der Waals surface area contributed by atoms with E-state index in [9.17, 15) is 4.79 Å². The zero-order valence-corrected chi connectivity index (χ0v) is 4.42. The average Bonchev–Trinajstić information content (AvgIpc) is 1.83. The third kappa shape index (κ3) is 3.58. The maximum atomic E-state index is 10.1. The molecule has 4 nitrogen and oxygen atoms in total. The number of amides is 1. The highest BCUT2D eigenvalue weighted by atomic mass is 16.5. The SMILES string of the molecule is O=C(CCCO)NO. The molecule has 0 aliphatic carbocycles. The maximum absolute atomic E-state index is 10.1. The molecule has 0 aliphatic heterocycles. The molecule has 0 radical (unpaired) electrons. The topological polar surface area (TPSA) is 69.6 Å². The molecule has 0 aromatic heterocycles. The van der Waals surface area contributed by atoms with Crippen molar-refractivity contribution in [3.8, 4) is 0 Å². The molecule has 48 valence electrons. The molecule has 0 aromatic rings. The molecule has 3 N–H and O–H groups in total. The summed E-state index contributed by atoms with van der Waals surface area (Å²) in [5.41, 5.74) is 1.45. The Morgan fingerprint density at radius 1 is 1.62 bits per heavy atom. The second kappa shape index (κ2) is 4.55. The number of hydroxylamine groups is 1. The van der Waals surface area contributed by atoms with E-state index in [1.807, 2.05) is 0 Å². The van der Waals surface area contributed by atoms with Crippen LogP contribution in [0.5, 0.6) is 0 Å². The third-order valence-electron chi connectivity index (χ3n) is 0.687. The highest BCUT2D eigenvalue weighted by Crippen LogP contribution is 1.83. The summed E-state index contributed by atoms with van der Waals surface area (Å²) < 4.78 is 0. The van der Waals surface area contributed by atoms with Crippen molar-refractivity contribution in [3.63, 3.8) is 0 Å². The minimum absolute atomic E-state index is 0.0204. The summed E-state index contributed by atoms with van der Waals surface area (Å²) in [6, 6.07) is 0. The van der Waals surface area contributed by atoms with Crippen LogP contribution in [-0.4, -0.2) is 22.8 Å². The van der Waals surface area contributed by atoms with E-state index in [2.05, 4.69) is 0 Å². The van der Waals surface area contributed by atoms with Gasteiger partial charge in [-0.15, -0.1) is 0 Å². The molecule has 8 heavy (non-hydrogen) atoms. The number of aliphatic hydroxyl groups excluding tert-OH is 1. The fraction of sp³-hybridized carbons (Fsp3) is 0.750. The van der Waals surface area contributed by atoms with Gasteiger partial charge in [0.25, 0.3) is 0 Å². The molecule has 0 saturated carbocycles. The molecule has 0 fully saturated rings. The van der Waals surface area contributed by atoms with Gasteiger partial charge in [0.1, 0.15) is 0 Å². The Hall–Kier alpha value is -0.610. The van der Waals surface area contributed by atoms with E-state index in [-0.39, 0.29) is 13.0 Å². The van der Waals surface area contributed by atoms with E-state index in [0.29, 0.717) is 6.42 Å². The molecule has 0 aliphatic rings. The van der Waals surface area contributed by atoms with Crippen molar-refractivity contribution in [1.82, 2.24) is 5.48 Å². The Morgan fingerprint density at radius 3 is 2.62 bits per heavy atom. The monoisotopic (exact) mass is 119 g/mol. The van der Waals surface area contributed by atoms with Crippen molar-refractivity contribution in [2.45, 2.75) is 12.8 Å². The lowest BCUT2D eigenvalue weighted by Crippen LogP contribution is -2.18. The summed E-state index contributed by atoms with van der Waals surface area (Å²) in [5.74, 6) is -0.459. The minimum Gasteiger partial charge on any atom is -0.396 e. The summed E-state index contributed by atoms with van der Waals surface area (Å²) in [4.78, 5) is 10.1. The Labute approximate surface area is 47.1 Å². The predicted octanol–water partition coefficient (Wildman–Crippen LogP) is -0.736. The lowest BCUT2D eigenvalue weighted by atomic mass is 10.3. The van der Waals surface area contributed by atoms with Crippen LogP contribution in [0.2, 0.25) is 0 Å². The van der Waals surface area contributed by atoms with Crippen LogP contribution < -0.4 is 5.48 Å². The molecular formula is C4H9NO3. The van der Waals surface area contributed by atoms with Gasteiger partial charge in [0.2, 0.25) is 5.91 Å². The molecule has 0 heterocycles. The minimum atomic E-state index is -0.459. The molecule has 4 heteroatoms. The lowest BCUT2D eigenvalue weighted by Gasteiger charge is -1.92. The van der Waals surface area contributed by atoms with E-state index in [4.69, 9.17) is 10.3 Å². The second-order valence-corrected chi connectivity index (χ2v) is 1.36. The number of hydrogen-bond acceptors (Lipinski definition) is 3. The van der Waals surface area contributed by atoms with Crippen molar-refractivity contribution in [2.24, 2.45) is 0 Å². The van der Waals surface area contributed by atoms with Gasteiger partial charge >= 0.3 is 0 Å². The normalized spacial score (nSPS) is 8.75. The summed E-state index contributed by atoms with van der Waals surface area (Å²) in [6.45, 7) is -0.0204. The molecular weight excluding hydrogens is 110 g/mol. The first-order valence-electron chi connectivity index (χ1n) is 2.35. The Kier molecular flexibility index (Phi) is 4.20. The van der Waals surface area contributed by atoms with Crippen LogP contribution >= 0.6 is 0 Å². The fourth-order valence-electron chi connectivity index (χ4n) is 0.296. The van der Waals surface area contributed by atoms with Crippen LogP contribution in [0.4, 0.5) is 0 Å². The zero-order valence-electron chi connectivity index (χ0n) is 4.42. The molecule has 0 saturated heterocycles. The number of hydrogen-bond donors (Lipinski definition) is 3. The summed E-state index contributed by atoms with van der Waals surface area (Å²) >= 11 is 0. The molecule has 0 spiro atoms. The van der Waals surface area contributed by atoms with E-state index in [1.54, 1.807) is 0 Å². The van der Waals surface area contributed by atoms with Crippen LogP contribution in [0.25, 0.3) is 0 Å². The summed E-state index contributed by atoms with van der Waals surface area (Å²) in [6.07, 6.45) is 0.569. The molecule has 0 rings (SSSR count). The first-order chi connectivity index (χ1) is 3.81. The van der Waals surface area contributed by atoms with Gasteiger partial charge in [0.15, 0.2) is 0 Å². The smallest absolute Gasteiger partial charge is 0.243 e. The van der Waals surface area contributed by atoms with Gasteiger partial charge in [-0.1, -0.05) is 0 Å². The van der Waals surface area contributed by atoms with Gasteiger partial charge in [0.05, 0.1) is 0 Å². The Morgan fingerprint density at radius 2 is 2.25 bits per heavy atom. The van der Waals surface area contributed by atoms with Gasteiger partial charge in [-0.2, -0.15) is 0 Å². The van der Waals surface area contributed by atoms with Gasteiger partial charge in [0, 0.05) is 13.0 Å². The summed E-state index contributed by atoms with van der Waals surface area (Å²) in [5, 5.41) is 16.0. The number of carbonyl (C=O) groups is 1. The second-order valence-electron chi connectivity index (χ2n) is 1.36. The first kappa shape index (κ1) is 7.39. The van der Waals surface area contributed by atoms with Crippen LogP contribution in [0.3, 0.4) is 0 Å². The van der Waals surface area contributed by atoms with E-state index < -0.39 is 5.91 Å². The van der Waals surface area contributed by atoms with Gasteiger partial charge in [-0.05, 0) is 6.42 Å². The maximum Gasteiger partial charge on any atom is 0.243 e. The first-order valence-corrected chi connectivity index (χ1v) is 2.35. The predicted molar refractivity (Wildman–Crippen MR) is 26.2 cm³/mol.